The Morgan fingerprint density at radius 2 is 2.00 bits per heavy atom. The summed E-state index contributed by atoms with van der Waals surface area (Å²) in [6.07, 6.45) is -0.377. The minimum Gasteiger partial charge on any atom is -0.444 e. The summed E-state index contributed by atoms with van der Waals surface area (Å²) in [7, 11) is 0. The highest BCUT2D eigenvalue weighted by molar-refractivity contribution is 5.86. The van der Waals surface area contributed by atoms with Crippen LogP contribution in [-0.4, -0.2) is 58.2 Å². The van der Waals surface area contributed by atoms with Gasteiger partial charge < -0.3 is 20.6 Å². The van der Waals surface area contributed by atoms with E-state index < -0.39 is 5.60 Å². The van der Waals surface area contributed by atoms with Gasteiger partial charge in [0.05, 0.1) is 6.04 Å². The third kappa shape index (κ3) is 4.86. The zero-order valence-electron chi connectivity index (χ0n) is 14.5. The normalized spacial score (nSPS) is 20.0. The second-order valence-corrected chi connectivity index (χ2v) is 6.92. The molecule has 3 N–H and O–H groups in total. The molecule has 0 spiro atoms. The van der Waals surface area contributed by atoms with Crippen LogP contribution in [0.25, 0.3) is 0 Å². The van der Waals surface area contributed by atoms with Gasteiger partial charge in [-0.15, -0.1) is 0 Å². The zero-order chi connectivity index (χ0) is 17.7. The van der Waals surface area contributed by atoms with E-state index in [1.807, 2.05) is 51.1 Å². The average molecular weight is 334 g/mol. The minimum atomic E-state index is -0.551. The maximum atomic E-state index is 12.3. The lowest BCUT2D eigenvalue weighted by Gasteiger charge is -2.41. The molecule has 7 nitrogen and oxygen atoms in total. The molecule has 1 aliphatic heterocycles. The van der Waals surface area contributed by atoms with Crippen LogP contribution < -0.4 is 5.73 Å². The molecule has 1 unspecified atom stereocenters. The Hall–Kier alpha value is -2.28. The molecule has 1 aromatic rings. The summed E-state index contributed by atoms with van der Waals surface area (Å²) in [4.78, 5) is 16.0. The first-order valence-corrected chi connectivity index (χ1v) is 8.03. The van der Waals surface area contributed by atoms with Crippen LogP contribution in [0.3, 0.4) is 0 Å². The first-order chi connectivity index (χ1) is 11.3. The maximum Gasteiger partial charge on any atom is 0.410 e. The largest absolute Gasteiger partial charge is 0.444 e. The summed E-state index contributed by atoms with van der Waals surface area (Å²) in [5.74, 6) is 0.0965. The molecule has 0 aromatic heterocycles. The van der Waals surface area contributed by atoms with Gasteiger partial charge in [0.1, 0.15) is 5.60 Å². The molecule has 0 saturated carbocycles. The number of ether oxygens (including phenoxy) is 1. The molecule has 1 fully saturated rings. The fraction of sp³-hybridized carbons (Fsp3) is 0.529. The minimum absolute atomic E-state index is 0.0965. The average Bonchev–Trinajstić information content (AvgIpc) is 2.54. The third-order valence-electron chi connectivity index (χ3n) is 3.83. The zero-order valence-corrected chi connectivity index (χ0v) is 14.5. The predicted octanol–water partition coefficient (Wildman–Crippen LogP) is 1.85. The van der Waals surface area contributed by atoms with Crippen molar-refractivity contribution >= 4 is 11.9 Å². The predicted molar refractivity (Wildman–Crippen MR) is 91.9 cm³/mol. The van der Waals surface area contributed by atoms with Crippen molar-refractivity contribution in [3.05, 3.63) is 35.9 Å². The summed E-state index contributed by atoms with van der Waals surface area (Å²) in [6, 6.07) is 9.63. The number of amides is 1. The van der Waals surface area contributed by atoms with Gasteiger partial charge in [0.15, 0.2) is 5.84 Å². The number of nitrogens with zero attached hydrogens (tertiary/aromatic N) is 3. The lowest BCUT2D eigenvalue weighted by Crippen LogP contribution is -2.59. The summed E-state index contributed by atoms with van der Waals surface area (Å²) < 4.78 is 5.42. The number of hydrogen-bond acceptors (Lipinski definition) is 5. The smallest absolute Gasteiger partial charge is 0.410 e. The third-order valence-corrected chi connectivity index (χ3v) is 3.83. The number of nitrogens with two attached hydrogens (primary N) is 1. The number of benzene rings is 1. The first kappa shape index (κ1) is 18.1. The molecule has 1 aliphatic rings. The van der Waals surface area contributed by atoms with Crippen molar-refractivity contribution in [3.63, 3.8) is 0 Å². The monoisotopic (exact) mass is 334 g/mol. The molecule has 2 rings (SSSR count). The van der Waals surface area contributed by atoms with Gasteiger partial charge >= 0.3 is 6.09 Å². The molecule has 0 bridgehead atoms. The van der Waals surface area contributed by atoms with Crippen molar-refractivity contribution < 1.29 is 14.7 Å². The molecule has 0 radical (unpaired) electrons. The van der Waals surface area contributed by atoms with Crippen LogP contribution in [0.1, 0.15) is 26.3 Å². The summed E-state index contributed by atoms with van der Waals surface area (Å²) >= 11 is 0. The Labute approximate surface area is 142 Å². The molecule has 1 amide bonds. The molecule has 132 valence electrons. The van der Waals surface area contributed by atoms with Gasteiger partial charge in [-0.1, -0.05) is 35.5 Å². The van der Waals surface area contributed by atoms with Crippen LogP contribution in [0.2, 0.25) is 0 Å². The molecule has 7 heteroatoms. The van der Waals surface area contributed by atoms with E-state index in [0.29, 0.717) is 26.2 Å². The van der Waals surface area contributed by atoms with E-state index >= 15 is 0 Å². The number of amidine groups is 1. The molecular formula is C17H26N4O3. The Morgan fingerprint density at radius 1 is 1.33 bits per heavy atom. The topological polar surface area (TPSA) is 91.4 Å². The van der Waals surface area contributed by atoms with Gasteiger partial charge in [-0.3, -0.25) is 4.90 Å². The summed E-state index contributed by atoms with van der Waals surface area (Å²) in [5.41, 5.74) is 6.45. The van der Waals surface area contributed by atoms with Crippen molar-refractivity contribution in [1.29, 1.82) is 0 Å². The van der Waals surface area contributed by atoms with E-state index in [2.05, 4.69) is 10.1 Å². The van der Waals surface area contributed by atoms with E-state index in [-0.39, 0.29) is 18.0 Å². The molecule has 1 saturated heterocycles. The maximum absolute atomic E-state index is 12.3. The van der Waals surface area contributed by atoms with E-state index in [1.54, 1.807) is 4.90 Å². The second kappa shape index (κ2) is 7.53. The van der Waals surface area contributed by atoms with Crippen LogP contribution in [-0.2, 0) is 11.3 Å². The molecule has 1 atom stereocenters. The van der Waals surface area contributed by atoms with Gasteiger partial charge in [-0.05, 0) is 26.3 Å². The fourth-order valence-electron chi connectivity index (χ4n) is 2.67. The number of oxime groups is 1. The molecule has 0 aliphatic carbocycles. The standard InChI is InChI=1S/C17H26N4O3/c1-17(2,3)24-16(22)21-10-9-20(14(12-21)15(18)19-23)11-13-7-5-4-6-8-13/h4-8,14,23H,9-12H2,1-3H3,(H2,18,19). The quantitative estimate of drug-likeness (QED) is 0.381. The van der Waals surface area contributed by atoms with Crippen molar-refractivity contribution in [1.82, 2.24) is 9.80 Å². The first-order valence-electron chi connectivity index (χ1n) is 8.03. The van der Waals surface area contributed by atoms with Crippen LogP contribution in [0.15, 0.2) is 35.5 Å². The molecular weight excluding hydrogens is 308 g/mol. The van der Waals surface area contributed by atoms with Crippen molar-refractivity contribution in [2.75, 3.05) is 19.6 Å². The molecule has 24 heavy (non-hydrogen) atoms. The van der Waals surface area contributed by atoms with Crippen LogP contribution in [0, 0.1) is 0 Å². The lowest BCUT2D eigenvalue weighted by molar-refractivity contribution is 0.00906. The van der Waals surface area contributed by atoms with Crippen LogP contribution >= 0.6 is 0 Å². The number of carbonyl (C=O) groups is 1. The number of carbonyl (C=O) groups excluding carboxylic acids is 1. The van der Waals surface area contributed by atoms with Gasteiger partial charge in [0.2, 0.25) is 0 Å². The van der Waals surface area contributed by atoms with E-state index in [1.165, 1.54) is 0 Å². The second-order valence-electron chi connectivity index (χ2n) is 6.92. The van der Waals surface area contributed by atoms with Gasteiger partial charge in [-0.2, -0.15) is 0 Å². The van der Waals surface area contributed by atoms with Crippen molar-refractivity contribution in [2.45, 2.75) is 39.0 Å². The number of rotatable bonds is 3. The molecule has 1 aromatic carbocycles. The van der Waals surface area contributed by atoms with Gasteiger partial charge in [-0.25, -0.2) is 4.79 Å². The SMILES string of the molecule is CC(C)(C)OC(=O)N1CCN(Cc2ccccc2)C(/C(N)=N/O)C1. The van der Waals surface area contributed by atoms with E-state index in [0.717, 1.165) is 5.56 Å². The highest BCUT2D eigenvalue weighted by atomic mass is 16.6. The van der Waals surface area contributed by atoms with E-state index in [4.69, 9.17) is 15.7 Å². The van der Waals surface area contributed by atoms with Crippen molar-refractivity contribution in [3.8, 4) is 0 Å². The Morgan fingerprint density at radius 3 is 2.58 bits per heavy atom. The van der Waals surface area contributed by atoms with Crippen LogP contribution in [0.5, 0.6) is 0 Å². The van der Waals surface area contributed by atoms with Crippen molar-refractivity contribution in [2.24, 2.45) is 10.9 Å². The Kier molecular flexibility index (Phi) is 5.66. The van der Waals surface area contributed by atoms with Gasteiger partial charge in [0, 0.05) is 26.2 Å². The number of piperazine rings is 1. The highest BCUT2D eigenvalue weighted by Gasteiger charge is 2.34. The number of hydrogen-bond donors (Lipinski definition) is 2. The highest BCUT2D eigenvalue weighted by Crippen LogP contribution is 2.17. The summed E-state index contributed by atoms with van der Waals surface area (Å²) in [5, 5.41) is 12.2. The van der Waals surface area contributed by atoms with E-state index in [9.17, 15) is 4.79 Å². The fourth-order valence-corrected chi connectivity index (χ4v) is 2.67. The summed E-state index contributed by atoms with van der Waals surface area (Å²) in [6.45, 7) is 7.65. The Balaban J connectivity index is 2.09. The Bertz CT molecular complexity index is 583. The van der Waals surface area contributed by atoms with Gasteiger partial charge in [0.25, 0.3) is 0 Å². The lowest BCUT2D eigenvalue weighted by atomic mass is 10.1. The van der Waals surface area contributed by atoms with Crippen LogP contribution in [0.4, 0.5) is 4.79 Å². The molecule has 1 heterocycles.